The summed E-state index contributed by atoms with van der Waals surface area (Å²) in [5, 5.41) is 2.96. The van der Waals surface area contributed by atoms with Crippen LogP contribution in [0.25, 0.3) is 0 Å². The van der Waals surface area contributed by atoms with Gasteiger partial charge >= 0.3 is 6.18 Å². The van der Waals surface area contributed by atoms with Gasteiger partial charge in [-0.05, 0) is 0 Å². The van der Waals surface area contributed by atoms with Gasteiger partial charge in [0.05, 0.1) is 0 Å². The normalized spacial score (nSPS) is 13.6. The van der Waals surface area contributed by atoms with E-state index in [2.05, 4.69) is 4.98 Å². The molecule has 84 valence electrons. The van der Waals surface area contributed by atoms with Gasteiger partial charge in [-0.3, -0.25) is 4.79 Å². The van der Waals surface area contributed by atoms with Gasteiger partial charge < -0.3 is 5.32 Å². The highest BCUT2D eigenvalue weighted by Crippen LogP contribution is 2.33. The average Bonchev–Trinajstić information content (AvgIpc) is 2.64. The van der Waals surface area contributed by atoms with Crippen molar-refractivity contribution < 1.29 is 18.0 Å². The number of nitrogens with one attached hydrogen (secondary N) is 1. The van der Waals surface area contributed by atoms with E-state index in [1.807, 2.05) is 0 Å². The quantitative estimate of drug-likeness (QED) is 0.844. The third-order valence-electron chi connectivity index (χ3n) is 1.45. The first-order valence-corrected chi connectivity index (χ1v) is 5.18. The van der Waals surface area contributed by atoms with Crippen LogP contribution in [0.5, 0.6) is 0 Å². The largest absolute Gasteiger partial charge is 0.415 e. The number of halogens is 4. The molecular formula is C7H6ClF3N2OS. The Balaban J connectivity index is 2.85. The second-order valence-electron chi connectivity index (χ2n) is 2.55. The molecule has 0 saturated heterocycles. The van der Waals surface area contributed by atoms with Crippen molar-refractivity contribution in [3.8, 4) is 0 Å². The molecule has 1 aromatic heterocycles. The molecule has 0 aliphatic carbocycles. The lowest BCUT2D eigenvalue weighted by molar-refractivity contribution is -0.162. The van der Waals surface area contributed by atoms with E-state index < -0.39 is 24.0 Å². The minimum Gasteiger partial charge on any atom is -0.338 e. The molecule has 0 aromatic carbocycles. The van der Waals surface area contributed by atoms with Crippen LogP contribution in [0, 0.1) is 0 Å². The highest BCUT2D eigenvalue weighted by molar-refractivity contribution is 7.09. The van der Waals surface area contributed by atoms with Crippen LogP contribution in [-0.4, -0.2) is 22.9 Å². The second kappa shape index (κ2) is 4.80. The maximum atomic E-state index is 12.5. The maximum absolute atomic E-state index is 12.5. The van der Waals surface area contributed by atoms with Crippen molar-refractivity contribution in [3.05, 3.63) is 16.6 Å². The molecule has 0 bridgehead atoms. The average molecular weight is 259 g/mol. The molecule has 0 radical (unpaired) electrons. The summed E-state index contributed by atoms with van der Waals surface area (Å²) in [5.74, 6) is -1.40. The summed E-state index contributed by atoms with van der Waals surface area (Å²) < 4.78 is 37.5. The first-order chi connectivity index (χ1) is 6.95. The monoisotopic (exact) mass is 258 g/mol. The zero-order valence-corrected chi connectivity index (χ0v) is 8.79. The lowest BCUT2D eigenvalue weighted by Crippen LogP contribution is -2.38. The van der Waals surface area contributed by atoms with Gasteiger partial charge in [0.2, 0.25) is 5.91 Å². The zero-order chi connectivity index (χ0) is 11.5. The molecule has 1 heterocycles. The number of rotatable bonds is 3. The predicted octanol–water partition coefficient (Wildman–Crippen LogP) is 2.10. The van der Waals surface area contributed by atoms with Crippen LogP contribution in [0.2, 0.25) is 0 Å². The highest BCUT2D eigenvalue weighted by Gasteiger charge is 2.43. The second-order valence-corrected chi connectivity index (χ2v) is 3.74. The van der Waals surface area contributed by atoms with E-state index in [9.17, 15) is 18.0 Å². The zero-order valence-electron chi connectivity index (χ0n) is 7.21. The highest BCUT2D eigenvalue weighted by atomic mass is 35.5. The first-order valence-electron chi connectivity index (χ1n) is 3.76. The van der Waals surface area contributed by atoms with Crippen LogP contribution in [0.1, 0.15) is 11.0 Å². The van der Waals surface area contributed by atoms with E-state index in [-0.39, 0.29) is 5.01 Å². The topological polar surface area (TPSA) is 42.0 Å². The molecule has 8 heteroatoms. The molecule has 0 aliphatic heterocycles. The number of alkyl halides is 4. The van der Waals surface area contributed by atoms with Crippen LogP contribution in [-0.2, 0) is 4.79 Å². The van der Waals surface area contributed by atoms with Crippen molar-refractivity contribution >= 4 is 28.8 Å². The molecule has 0 saturated carbocycles. The molecule has 0 fully saturated rings. The smallest absolute Gasteiger partial charge is 0.338 e. The summed E-state index contributed by atoms with van der Waals surface area (Å²) in [6.07, 6.45) is -3.33. The first kappa shape index (κ1) is 12.3. The van der Waals surface area contributed by atoms with Gasteiger partial charge in [-0.1, -0.05) is 0 Å². The number of aromatic nitrogens is 1. The molecule has 1 N–H and O–H groups in total. The fraction of sp³-hybridized carbons (Fsp3) is 0.429. The number of hydrogen-bond donors (Lipinski definition) is 1. The van der Waals surface area contributed by atoms with Crippen molar-refractivity contribution in [1.29, 1.82) is 0 Å². The summed E-state index contributed by atoms with van der Waals surface area (Å²) in [7, 11) is 0. The summed E-state index contributed by atoms with van der Waals surface area (Å²) in [6.45, 7) is 0. The minimum absolute atomic E-state index is 0.207. The van der Waals surface area contributed by atoms with E-state index in [0.717, 1.165) is 11.3 Å². The summed E-state index contributed by atoms with van der Waals surface area (Å²) in [5.41, 5.74) is 0. The van der Waals surface area contributed by atoms with Crippen molar-refractivity contribution in [2.75, 3.05) is 5.88 Å². The molecule has 1 unspecified atom stereocenters. The SMILES string of the molecule is O=C(CCl)NC(c1nccs1)C(F)(F)F. The van der Waals surface area contributed by atoms with Gasteiger partial charge in [0.15, 0.2) is 6.04 Å². The van der Waals surface area contributed by atoms with E-state index in [0.29, 0.717) is 0 Å². The van der Waals surface area contributed by atoms with E-state index in [1.54, 1.807) is 5.32 Å². The van der Waals surface area contributed by atoms with Crippen LogP contribution >= 0.6 is 22.9 Å². The Hall–Kier alpha value is -0.820. The maximum Gasteiger partial charge on any atom is 0.415 e. The fourth-order valence-corrected chi connectivity index (χ4v) is 1.65. The van der Waals surface area contributed by atoms with Gasteiger partial charge in [0.25, 0.3) is 0 Å². The molecule has 1 aromatic rings. The molecule has 1 atom stereocenters. The van der Waals surface area contributed by atoms with Crippen molar-refractivity contribution in [2.24, 2.45) is 0 Å². The van der Waals surface area contributed by atoms with E-state index in [1.165, 1.54) is 11.6 Å². The number of carbonyl (C=O) groups is 1. The van der Waals surface area contributed by atoms with Gasteiger partial charge in [-0.2, -0.15) is 13.2 Å². The molecule has 3 nitrogen and oxygen atoms in total. The molecule has 0 spiro atoms. The van der Waals surface area contributed by atoms with Crippen molar-refractivity contribution in [1.82, 2.24) is 10.3 Å². The Morgan fingerprint density at radius 2 is 2.33 bits per heavy atom. The third-order valence-corrected chi connectivity index (χ3v) is 2.54. The van der Waals surface area contributed by atoms with Crippen LogP contribution in [0.4, 0.5) is 13.2 Å². The molecular weight excluding hydrogens is 253 g/mol. The summed E-state index contributed by atoms with van der Waals surface area (Å²) in [6, 6.07) is -2.08. The number of nitrogens with zero attached hydrogens (tertiary/aromatic N) is 1. The Bertz CT molecular complexity index is 327. The van der Waals surface area contributed by atoms with E-state index >= 15 is 0 Å². The number of amides is 1. The Morgan fingerprint density at radius 3 is 2.73 bits per heavy atom. The van der Waals surface area contributed by atoms with Gasteiger partial charge in [0, 0.05) is 11.6 Å². The lowest BCUT2D eigenvalue weighted by Gasteiger charge is -2.18. The van der Waals surface area contributed by atoms with Gasteiger partial charge in [-0.15, -0.1) is 22.9 Å². The summed E-state index contributed by atoms with van der Waals surface area (Å²) in [4.78, 5) is 14.3. The van der Waals surface area contributed by atoms with Crippen LogP contribution < -0.4 is 5.32 Å². The molecule has 0 aliphatic rings. The van der Waals surface area contributed by atoms with E-state index in [4.69, 9.17) is 11.6 Å². The van der Waals surface area contributed by atoms with Crippen LogP contribution in [0.3, 0.4) is 0 Å². The van der Waals surface area contributed by atoms with Gasteiger partial charge in [0.1, 0.15) is 10.9 Å². The van der Waals surface area contributed by atoms with Crippen LogP contribution in [0.15, 0.2) is 11.6 Å². The number of thiazole rings is 1. The Morgan fingerprint density at radius 1 is 1.67 bits per heavy atom. The third kappa shape index (κ3) is 3.35. The minimum atomic E-state index is -4.57. The predicted molar refractivity (Wildman–Crippen MR) is 49.8 cm³/mol. The van der Waals surface area contributed by atoms with Gasteiger partial charge in [-0.25, -0.2) is 4.98 Å². The lowest BCUT2D eigenvalue weighted by atomic mass is 10.3. The van der Waals surface area contributed by atoms with Crippen molar-refractivity contribution in [2.45, 2.75) is 12.2 Å². The van der Waals surface area contributed by atoms with Crippen molar-refractivity contribution in [3.63, 3.8) is 0 Å². The number of carbonyl (C=O) groups excluding carboxylic acids is 1. The molecule has 15 heavy (non-hydrogen) atoms. The molecule has 1 rings (SSSR count). The molecule has 1 amide bonds. The Kier molecular flexibility index (Phi) is 3.92. The summed E-state index contributed by atoms with van der Waals surface area (Å²) >= 11 is 5.93. The fourth-order valence-electron chi connectivity index (χ4n) is 0.860. The standard InChI is InChI=1S/C7H6ClF3N2OS/c8-3-4(14)13-5(7(9,10)11)6-12-1-2-15-6/h1-2,5H,3H2,(H,13,14). The Labute approximate surface area is 92.3 Å². The number of hydrogen-bond acceptors (Lipinski definition) is 3.